The highest BCUT2D eigenvalue weighted by Gasteiger charge is 2.35. The van der Waals surface area contributed by atoms with E-state index in [2.05, 4.69) is 10.6 Å². The molecule has 0 aromatic heterocycles. The second kappa shape index (κ2) is 8.71. The van der Waals surface area contributed by atoms with Crippen molar-refractivity contribution < 1.29 is 31.5 Å². The van der Waals surface area contributed by atoms with Crippen LogP contribution in [0.3, 0.4) is 0 Å². The summed E-state index contributed by atoms with van der Waals surface area (Å²) in [4.78, 5) is 24.5. The van der Waals surface area contributed by atoms with Gasteiger partial charge in [0.25, 0.3) is 5.91 Å². The van der Waals surface area contributed by atoms with E-state index in [4.69, 9.17) is 4.74 Å². The largest absolute Gasteiger partial charge is 0.479 e. The number of hydrogen-bond acceptors (Lipinski definition) is 5. The molecule has 1 fully saturated rings. The third-order valence-electron chi connectivity index (χ3n) is 5.77. The van der Waals surface area contributed by atoms with Gasteiger partial charge in [-0.05, 0) is 50.5 Å². The average molecular weight is 480 g/mol. The smallest absolute Gasteiger partial charge is 0.265 e. The summed E-state index contributed by atoms with van der Waals surface area (Å²) in [5.74, 6) is -2.98. The molecule has 8 nitrogen and oxygen atoms in total. The molecule has 4 rings (SSSR count). The molecule has 2 aromatic carbocycles. The van der Waals surface area contributed by atoms with Crippen molar-refractivity contribution in [3.63, 3.8) is 0 Å². The molecule has 2 atom stereocenters. The number of hydrogen-bond donors (Lipinski definition) is 2. The first kappa shape index (κ1) is 23.1. The van der Waals surface area contributed by atoms with Crippen molar-refractivity contribution in [2.24, 2.45) is 5.92 Å². The molecule has 2 N–H and O–H groups in total. The lowest BCUT2D eigenvalue weighted by molar-refractivity contribution is -0.123. The minimum atomic E-state index is -3.97. The monoisotopic (exact) mass is 479 g/mol. The summed E-state index contributed by atoms with van der Waals surface area (Å²) >= 11 is 0. The van der Waals surface area contributed by atoms with E-state index in [1.807, 2.05) is 0 Å². The van der Waals surface area contributed by atoms with Crippen LogP contribution in [0.25, 0.3) is 0 Å². The molecule has 0 radical (unpaired) electrons. The maximum Gasteiger partial charge on any atom is 0.265 e. The van der Waals surface area contributed by atoms with Gasteiger partial charge in [0.2, 0.25) is 15.9 Å². The highest BCUT2D eigenvalue weighted by Crippen LogP contribution is 2.36. The second-order valence-corrected chi connectivity index (χ2v) is 10.1. The molecule has 0 aliphatic carbocycles. The molecule has 2 amide bonds. The summed E-state index contributed by atoms with van der Waals surface area (Å²) < 4.78 is 60.6. The standard InChI is InChI=1S/C22H23F2N3O5S/c1-12-8-18-19(32-13(2)21(28)26-18)10-20(12)33(30,31)27-7-3-4-14(11-27)22(29)25-17-6-5-15(23)9-16(17)24/h5-6,8-10,13-14H,3-4,7,11H2,1-2H3,(H,25,29)(H,26,28). The Morgan fingerprint density at radius 2 is 2.00 bits per heavy atom. The van der Waals surface area contributed by atoms with Crippen molar-refractivity contribution in [1.82, 2.24) is 4.31 Å². The van der Waals surface area contributed by atoms with Crippen molar-refractivity contribution in [3.8, 4) is 5.75 Å². The Labute approximate surface area is 190 Å². The van der Waals surface area contributed by atoms with Crippen molar-refractivity contribution in [3.05, 3.63) is 47.5 Å². The number of rotatable bonds is 4. The molecule has 2 aliphatic rings. The van der Waals surface area contributed by atoms with E-state index in [1.165, 1.54) is 16.4 Å². The Kier molecular flexibility index (Phi) is 6.10. The second-order valence-electron chi connectivity index (χ2n) is 8.18. The number of piperidine rings is 1. The quantitative estimate of drug-likeness (QED) is 0.702. The first-order valence-electron chi connectivity index (χ1n) is 10.4. The molecule has 33 heavy (non-hydrogen) atoms. The summed E-state index contributed by atoms with van der Waals surface area (Å²) in [6, 6.07) is 5.74. The molecular formula is C22H23F2N3O5S. The van der Waals surface area contributed by atoms with E-state index >= 15 is 0 Å². The Morgan fingerprint density at radius 1 is 1.24 bits per heavy atom. The number of fused-ring (bicyclic) bond motifs is 1. The van der Waals surface area contributed by atoms with Gasteiger partial charge in [0.05, 0.1) is 22.2 Å². The maximum absolute atomic E-state index is 13.9. The molecule has 176 valence electrons. The van der Waals surface area contributed by atoms with Gasteiger partial charge in [0.1, 0.15) is 17.4 Å². The minimum Gasteiger partial charge on any atom is -0.479 e. The van der Waals surface area contributed by atoms with Crippen molar-refractivity contribution >= 4 is 33.2 Å². The number of halogens is 2. The predicted octanol–water partition coefficient (Wildman–Crippen LogP) is 3.03. The number of aryl methyl sites for hydroxylation is 1. The third-order valence-corrected chi connectivity index (χ3v) is 7.78. The highest BCUT2D eigenvalue weighted by molar-refractivity contribution is 7.89. The van der Waals surface area contributed by atoms with Gasteiger partial charge in [-0.2, -0.15) is 4.31 Å². The van der Waals surface area contributed by atoms with Crippen LogP contribution in [-0.2, 0) is 19.6 Å². The Bertz CT molecular complexity index is 1230. The van der Waals surface area contributed by atoms with Crippen molar-refractivity contribution in [2.45, 2.75) is 37.7 Å². The van der Waals surface area contributed by atoms with Crippen LogP contribution >= 0.6 is 0 Å². The first-order valence-corrected chi connectivity index (χ1v) is 11.9. The van der Waals surface area contributed by atoms with Crippen LogP contribution in [-0.4, -0.2) is 43.7 Å². The number of nitrogens with zero attached hydrogens (tertiary/aromatic N) is 1. The van der Waals surface area contributed by atoms with Crippen LogP contribution in [0.4, 0.5) is 20.2 Å². The van der Waals surface area contributed by atoms with Crippen LogP contribution in [0.15, 0.2) is 35.2 Å². The zero-order valence-corrected chi connectivity index (χ0v) is 18.8. The van der Waals surface area contributed by atoms with E-state index in [0.717, 1.165) is 12.1 Å². The van der Waals surface area contributed by atoms with E-state index in [0.29, 0.717) is 30.2 Å². The van der Waals surface area contributed by atoms with Gasteiger partial charge in [-0.1, -0.05) is 0 Å². The van der Waals surface area contributed by atoms with Crippen molar-refractivity contribution in [1.29, 1.82) is 0 Å². The first-order chi connectivity index (χ1) is 15.6. The fourth-order valence-electron chi connectivity index (χ4n) is 3.96. The van der Waals surface area contributed by atoms with Gasteiger partial charge in [0, 0.05) is 25.2 Å². The number of carbonyl (C=O) groups excluding carboxylic acids is 2. The van der Waals surface area contributed by atoms with E-state index in [9.17, 15) is 26.8 Å². The van der Waals surface area contributed by atoms with Gasteiger partial charge in [-0.3, -0.25) is 9.59 Å². The Morgan fingerprint density at radius 3 is 2.73 bits per heavy atom. The highest BCUT2D eigenvalue weighted by atomic mass is 32.2. The summed E-state index contributed by atoms with van der Waals surface area (Å²) in [7, 11) is -3.97. The molecule has 0 spiro atoms. The fraction of sp³-hybridized carbons (Fsp3) is 0.364. The van der Waals surface area contributed by atoms with Crippen LogP contribution in [0.2, 0.25) is 0 Å². The topological polar surface area (TPSA) is 105 Å². The number of amides is 2. The number of ether oxygens (including phenoxy) is 1. The lowest BCUT2D eigenvalue weighted by Gasteiger charge is -2.32. The molecule has 0 bridgehead atoms. The summed E-state index contributed by atoms with van der Waals surface area (Å²) in [5.41, 5.74) is 0.652. The number of nitrogens with one attached hydrogen (secondary N) is 2. The van der Waals surface area contributed by atoms with Crippen LogP contribution in [0, 0.1) is 24.5 Å². The SMILES string of the molecule is Cc1cc2c(cc1S(=O)(=O)N1CCCC(C(=O)Nc3ccc(F)cc3F)C1)OC(C)C(=O)N2. The number of sulfonamides is 1. The van der Waals surface area contributed by atoms with E-state index in [-0.39, 0.29) is 35.3 Å². The van der Waals surface area contributed by atoms with Gasteiger partial charge in [-0.15, -0.1) is 0 Å². The summed E-state index contributed by atoms with van der Waals surface area (Å²) in [6.45, 7) is 3.32. The summed E-state index contributed by atoms with van der Waals surface area (Å²) in [6.07, 6.45) is 0.110. The lowest BCUT2D eigenvalue weighted by Crippen LogP contribution is -2.44. The third kappa shape index (κ3) is 4.55. The van der Waals surface area contributed by atoms with E-state index in [1.54, 1.807) is 13.8 Å². The molecule has 2 aliphatic heterocycles. The minimum absolute atomic E-state index is 0.0234. The molecule has 0 saturated carbocycles. The van der Waals surface area contributed by atoms with Gasteiger partial charge >= 0.3 is 0 Å². The van der Waals surface area contributed by atoms with Crippen LogP contribution in [0.5, 0.6) is 5.75 Å². The fourth-order valence-corrected chi connectivity index (χ4v) is 5.71. The van der Waals surface area contributed by atoms with Gasteiger partial charge in [0.15, 0.2) is 6.10 Å². The average Bonchev–Trinajstić information content (AvgIpc) is 2.76. The van der Waals surface area contributed by atoms with Crippen LogP contribution < -0.4 is 15.4 Å². The Balaban J connectivity index is 1.54. The zero-order valence-electron chi connectivity index (χ0n) is 18.0. The number of benzene rings is 2. The van der Waals surface area contributed by atoms with E-state index < -0.39 is 39.6 Å². The van der Waals surface area contributed by atoms with Crippen molar-refractivity contribution in [2.75, 3.05) is 23.7 Å². The number of anilines is 2. The van der Waals surface area contributed by atoms with Gasteiger partial charge in [-0.25, -0.2) is 17.2 Å². The molecule has 1 saturated heterocycles. The molecule has 11 heteroatoms. The van der Waals surface area contributed by atoms with Gasteiger partial charge < -0.3 is 15.4 Å². The summed E-state index contributed by atoms with van der Waals surface area (Å²) in [5, 5.41) is 5.10. The molecular weight excluding hydrogens is 456 g/mol. The normalized spacial score (nSPS) is 21.0. The molecule has 2 unspecified atom stereocenters. The molecule has 2 aromatic rings. The zero-order chi connectivity index (χ0) is 23.9. The Hall–Kier alpha value is -3.05. The maximum atomic E-state index is 13.9. The van der Waals surface area contributed by atoms with Crippen LogP contribution in [0.1, 0.15) is 25.3 Å². The number of carbonyl (C=O) groups is 2. The lowest BCUT2D eigenvalue weighted by atomic mass is 9.98. The predicted molar refractivity (Wildman–Crippen MR) is 116 cm³/mol. The molecule has 2 heterocycles.